The standard InChI is InChI=1S/C10H8ClFN4/c11-10-15-4-6(12)9(16-10)5-2-1-3-7(13)8(5)14/h1-4H,13-14H2. The van der Waals surface area contributed by atoms with Crippen LogP contribution in [0.1, 0.15) is 0 Å². The summed E-state index contributed by atoms with van der Waals surface area (Å²) >= 11 is 5.60. The average Bonchev–Trinajstić information content (AvgIpc) is 2.26. The maximum Gasteiger partial charge on any atom is 0.223 e. The van der Waals surface area contributed by atoms with Crippen molar-refractivity contribution < 1.29 is 4.39 Å². The predicted molar refractivity (Wildman–Crippen MR) is 61.3 cm³/mol. The van der Waals surface area contributed by atoms with Crippen LogP contribution < -0.4 is 11.5 Å². The number of nitrogens with zero attached hydrogens (tertiary/aromatic N) is 2. The van der Waals surface area contributed by atoms with Gasteiger partial charge in [-0.25, -0.2) is 14.4 Å². The highest BCUT2D eigenvalue weighted by Gasteiger charge is 2.12. The molecule has 0 fully saturated rings. The van der Waals surface area contributed by atoms with Gasteiger partial charge in [-0.2, -0.15) is 0 Å². The Morgan fingerprint density at radius 1 is 1.25 bits per heavy atom. The molecule has 1 aromatic carbocycles. The molecule has 2 rings (SSSR count). The smallest absolute Gasteiger partial charge is 0.223 e. The molecule has 0 spiro atoms. The normalized spacial score (nSPS) is 10.4. The minimum atomic E-state index is -0.596. The minimum Gasteiger partial charge on any atom is -0.397 e. The van der Waals surface area contributed by atoms with Crippen molar-refractivity contribution in [2.45, 2.75) is 0 Å². The minimum absolute atomic E-state index is 0.0433. The molecule has 0 amide bonds. The number of hydrogen-bond acceptors (Lipinski definition) is 4. The topological polar surface area (TPSA) is 77.8 Å². The molecule has 0 saturated carbocycles. The Balaban J connectivity index is 2.67. The number of para-hydroxylation sites is 1. The molecule has 2 aromatic rings. The van der Waals surface area contributed by atoms with Crippen LogP contribution in [-0.2, 0) is 0 Å². The Hall–Kier alpha value is -1.88. The van der Waals surface area contributed by atoms with Gasteiger partial charge in [-0.1, -0.05) is 12.1 Å². The second-order valence-electron chi connectivity index (χ2n) is 3.14. The molecule has 0 aliphatic heterocycles. The molecule has 0 bridgehead atoms. The fourth-order valence-electron chi connectivity index (χ4n) is 1.32. The summed E-state index contributed by atoms with van der Waals surface area (Å²) < 4.78 is 13.5. The van der Waals surface area contributed by atoms with Gasteiger partial charge in [0.15, 0.2) is 5.82 Å². The van der Waals surface area contributed by atoms with E-state index in [9.17, 15) is 4.39 Å². The largest absolute Gasteiger partial charge is 0.397 e. The van der Waals surface area contributed by atoms with E-state index in [1.165, 1.54) is 0 Å². The van der Waals surface area contributed by atoms with Gasteiger partial charge >= 0.3 is 0 Å². The number of nitrogens with two attached hydrogens (primary N) is 2. The number of rotatable bonds is 1. The van der Waals surface area contributed by atoms with Crippen LogP contribution in [0.25, 0.3) is 11.3 Å². The SMILES string of the molecule is Nc1cccc(-c2nc(Cl)ncc2F)c1N. The van der Waals surface area contributed by atoms with Gasteiger partial charge in [-0.05, 0) is 17.7 Å². The van der Waals surface area contributed by atoms with Crippen molar-refractivity contribution in [3.8, 4) is 11.3 Å². The van der Waals surface area contributed by atoms with E-state index >= 15 is 0 Å². The van der Waals surface area contributed by atoms with Crippen LogP contribution in [0.2, 0.25) is 5.28 Å². The van der Waals surface area contributed by atoms with Gasteiger partial charge in [-0.3, -0.25) is 0 Å². The van der Waals surface area contributed by atoms with Crippen molar-refractivity contribution in [2.24, 2.45) is 0 Å². The van der Waals surface area contributed by atoms with Gasteiger partial charge in [0, 0.05) is 5.56 Å². The zero-order chi connectivity index (χ0) is 11.7. The molecule has 1 heterocycles. The molecule has 0 radical (unpaired) electrons. The van der Waals surface area contributed by atoms with Gasteiger partial charge < -0.3 is 11.5 Å². The van der Waals surface area contributed by atoms with E-state index in [0.717, 1.165) is 6.20 Å². The highest BCUT2D eigenvalue weighted by molar-refractivity contribution is 6.28. The maximum atomic E-state index is 13.5. The number of aromatic nitrogens is 2. The summed E-state index contributed by atoms with van der Waals surface area (Å²) in [4.78, 5) is 7.31. The summed E-state index contributed by atoms with van der Waals surface area (Å²) in [6.07, 6.45) is 0.993. The fourth-order valence-corrected chi connectivity index (χ4v) is 1.46. The van der Waals surface area contributed by atoms with Crippen LogP contribution in [-0.4, -0.2) is 9.97 Å². The Kier molecular flexibility index (Phi) is 2.62. The third kappa shape index (κ3) is 1.77. The first-order valence-electron chi connectivity index (χ1n) is 4.42. The molecular weight excluding hydrogens is 231 g/mol. The van der Waals surface area contributed by atoms with E-state index in [2.05, 4.69) is 9.97 Å². The molecule has 82 valence electrons. The lowest BCUT2D eigenvalue weighted by molar-refractivity contribution is 0.618. The molecule has 0 aliphatic rings. The van der Waals surface area contributed by atoms with Crippen molar-refractivity contribution >= 4 is 23.0 Å². The van der Waals surface area contributed by atoms with Crippen LogP contribution in [0.3, 0.4) is 0 Å². The molecule has 0 saturated heterocycles. The monoisotopic (exact) mass is 238 g/mol. The summed E-state index contributed by atoms with van der Waals surface area (Å²) in [5.41, 5.74) is 12.5. The molecule has 6 heteroatoms. The molecule has 0 atom stereocenters. The van der Waals surface area contributed by atoms with Crippen LogP contribution in [0.4, 0.5) is 15.8 Å². The molecule has 16 heavy (non-hydrogen) atoms. The Morgan fingerprint density at radius 3 is 2.75 bits per heavy atom. The van der Waals surface area contributed by atoms with E-state index in [1.54, 1.807) is 18.2 Å². The first-order chi connectivity index (χ1) is 7.59. The quantitative estimate of drug-likeness (QED) is 0.589. The molecule has 0 aliphatic carbocycles. The summed E-state index contributed by atoms with van der Waals surface area (Å²) in [6.45, 7) is 0. The Labute approximate surface area is 96.1 Å². The Bertz CT molecular complexity index is 544. The average molecular weight is 239 g/mol. The zero-order valence-electron chi connectivity index (χ0n) is 8.11. The fraction of sp³-hybridized carbons (Fsp3) is 0. The zero-order valence-corrected chi connectivity index (χ0v) is 8.87. The molecular formula is C10H8ClFN4. The van der Waals surface area contributed by atoms with Gasteiger partial charge in [0.2, 0.25) is 5.28 Å². The van der Waals surface area contributed by atoms with Crippen molar-refractivity contribution in [1.29, 1.82) is 0 Å². The first kappa shape index (κ1) is 10.6. The number of hydrogen-bond donors (Lipinski definition) is 2. The van der Waals surface area contributed by atoms with E-state index in [0.29, 0.717) is 11.3 Å². The van der Waals surface area contributed by atoms with Crippen molar-refractivity contribution in [2.75, 3.05) is 11.5 Å². The summed E-state index contributed by atoms with van der Waals surface area (Å²) in [7, 11) is 0. The van der Waals surface area contributed by atoms with Gasteiger partial charge in [-0.15, -0.1) is 0 Å². The molecule has 0 unspecified atom stereocenters. The number of anilines is 2. The third-order valence-electron chi connectivity index (χ3n) is 2.11. The van der Waals surface area contributed by atoms with Crippen LogP contribution in [0.15, 0.2) is 24.4 Å². The third-order valence-corrected chi connectivity index (χ3v) is 2.29. The number of benzene rings is 1. The predicted octanol–water partition coefficient (Wildman–Crippen LogP) is 2.10. The van der Waals surface area contributed by atoms with Crippen molar-refractivity contribution in [1.82, 2.24) is 9.97 Å². The van der Waals surface area contributed by atoms with Gasteiger partial charge in [0.05, 0.1) is 17.6 Å². The van der Waals surface area contributed by atoms with Crippen molar-refractivity contribution in [3.63, 3.8) is 0 Å². The highest BCUT2D eigenvalue weighted by atomic mass is 35.5. The molecule has 1 aromatic heterocycles. The lowest BCUT2D eigenvalue weighted by Gasteiger charge is -2.07. The maximum absolute atomic E-state index is 13.5. The molecule has 4 nitrogen and oxygen atoms in total. The lowest BCUT2D eigenvalue weighted by atomic mass is 10.1. The number of halogens is 2. The van der Waals surface area contributed by atoms with Crippen LogP contribution >= 0.6 is 11.6 Å². The van der Waals surface area contributed by atoms with Gasteiger partial charge in [0.1, 0.15) is 5.69 Å². The first-order valence-corrected chi connectivity index (χ1v) is 4.79. The van der Waals surface area contributed by atoms with Gasteiger partial charge in [0.25, 0.3) is 0 Å². The van der Waals surface area contributed by atoms with E-state index in [1.807, 2.05) is 0 Å². The van der Waals surface area contributed by atoms with E-state index < -0.39 is 5.82 Å². The summed E-state index contributed by atoms with van der Waals surface area (Å²) in [5, 5.41) is -0.0433. The van der Waals surface area contributed by atoms with E-state index in [-0.39, 0.29) is 16.7 Å². The number of nitrogen functional groups attached to an aromatic ring is 2. The highest BCUT2D eigenvalue weighted by Crippen LogP contribution is 2.30. The summed E-state index contributed by atoms with van der Waals surface area (Å²) in [5.74, 6) is -0.596. The van der Waals surface area contributed by atoms with Crippen molar-refractivity contribution in [3.05, 3.63) is 35.5 Å². The summed E-state index contributed by atoms with van der Waals surface area (Å²) in [6, 6.07) is 4.91. The second-order valence-corrected chi connectivity index (χ2v) is 3.48. The Morgan fingerprint density at radius 2 is 2.00 bits per heavy atom. The van der Waals surface area contributed by atoms with Crippen LogP contribution in [0.5, 0.6) is 0 Å². The lowest BCUT2D eigenvalue weighted by Crippen LogP contribution is -2.00. The van der Waals surface area contributed by atoms with E-state index in [4.69, 9.17) is 23.1 Å². The second kappa shape index (κ2) is 3.94. The van der Waals surface area contributed by atoms with Crippen LogP contribution in [0, 0.1) is 5.82 Å². The molecule has 4 N–H and O–H groups in total.